The molecule has 0 aliphatic carbocycles. The number of aryl methyl sites for hydroxylation is 1. The Balaban J connectivity index is 1.76. The van der Waals surface area contributed by atoms with E-state index in [1.165, 1.54) is 4.68 Å². The lowest BCUT2D eigenvalue weighted by molar-refractivity contribution is -0.137. The van der Waals surface area contributed by atoms with Gasteiger partial charge < -0.3 is 14.4 Å². The standard InChI is InChI=1S/C19H26N4O4/c1-21-19(25)23(16-8-4-3-5-9-16)18(20-21)15-7-6-10-22(13-15)17(24)14-27-12-11-26-2/h3-5,8-9,15H,6-7,10-14H2,1-2H3. The van der Waals surface area contributed by atoms with Crippen molar-refractivity contribution >= 4 is 5.91 Å². The highest BCUT2D eigenvalue weighted by Crippen LogP contribution is 2.26. The minimum absolute atomic E-state index is 0.00998. The molecule has 1 aromatic carbocycles. The van der Waals surface area contributed by atoms with E-state index < -0.39 is 0 Å². The number of ether oxygens (including phenoxy) is 2. The summed E-state index contributed by atoms with van der Waals surface area (Å²) < 4.78 is 13.3. The SMILES string of the molecule is COCCOCC(=O)N1CCCC(c2nn(C)c(=O)n2-c2ccccc2)C1. The molecule has 1 saturated heterocycles. The van der Waals surface area contributed by atoms with Crippen molar-refractivity contribution in [3.63, 3.8) is 0 Å². The van der Waals surface area contributed by atoms with Crippen molar-refractivity contribution in [3.8, 4) is 5.69 Å². The molecule has 0 radical (unpaired) electrons. The molecule has 2 aromatic rings. The first-order chi connectivity index (χ1) is 13.1. The summed E-state index contributed by atoms with van der Waals surface area (Å²) in [5.74, 6) is 0.669. The number of nitrogens with zero attached hydrogens (tertiary/aromatic N) is 4. The quantitative estimate of drug-likeness (QED) is 0.674. The van der Waals surface area contributed by atoms with Crippen LogP contribution in [0.3, 0.4) is 0 Å². The largest absolute Gasteiger partial charge is 0.382 e. The Morgan fingerprint density at radius 2 is 2.04 bits per heavy atom. The fourth-order valence-corrected chi connectivity index (χ4v) is 3.38. The summed E-state index contributed by atoms with van der Waals surface area (Å²) in [4.78, 5) is 26.8. The predicted molar refractivity (Wildman–Crippen MR) is 100 cm³/mol. The lowest BCUT2D eigenvalue weighted by Gasteiger charge is -2.32. The number of benzene rings is 1. The molecule has 0 bridgehead atoms. The maximum atomic E-state index is 12.6. The molecule has 0 spiro atoms. The van der Waals surface area contributed by atoms with Crippen LogP contribution in [0, 0.1) is 0 Å². The van der Waals surface area contributed by atoms with Crippen LogP contribution < -0.4 is 5.69 Å². The van der Waals surface area contributed by atoms with Crippen molar-refractivity contribution < 1.29 is 14.3 Å². The van der Waals surface area contributed by atoms with Crippen LogP contribution in [-0.2, 0) is 21.3 Å². The third-order valence-electron chi connectivity index (χ3n) is 4.76. The zero-order valence-corrected chi connectivity index (χ0v) is 15.8. The second kappa shape index (κ2) is 8.96. The highest BCUT2D eigenvalue weighted by Gasteiger charge is 2.29. The first-order valence-electron chi connectivity index (χ1n) is 9.17. The van der Waals surface area contributed by atoms with Crippen LogP contribution in [0.2, 0.25) is 0 Å². The Kier molecular flexibility index (Phi) is 6.41. The first-order valence-corrected chi connectivity index (χ1v) is 9.17. The third kappa shape index (κ3) is 4.45. The van der Waals surface area contributed by atoms with Crippen LogP contribution in [0.1, 0.15) is 24.6 Å². The molecule has 1 atom stereocenters. The molecule has 0 saturated carbocycles. The third-order valence-corrected chi connectivity index (χ3v) is 4.76. The molecule has 1 aliphatic rings. The molecule has 2 heterocycles. The van der Waals surface area contributed by atoms with Gasteiger partial charge in [0.25, 0.3) is 0 Å². The summed E-state index contributed by atoms with van der Waals surface area (Å²) in [5.41, 5.74) is 0.611. The molecule has 0 N–H and O–H groups in total. The summed E-state index contributed by atoms with van der Waals surface area (Å²) in [6, 6.07) is 9.48. The van der Waals surface area contributed by atoms with Gasteiger partial charge in [0.1, 0.15) is 12.4 Å². The summed E-state index contributed by atoms with van der Waals surface area (Å²) in [7, 11) is 3.25. The number of aromatic nitrogens is 3. The minimum atomic E-state index is -0.178. The van der Waals surface area contributed by atoms with E-state index in [2.05, 4.69) is 5.10 Å². The predicted octanol–water partition coefficient (Wildman–Crippen LogP) is 0.940. The van der Waals surface area contributed by atoms with Gasteiger partial charge in [-0.3, -0.25) is 4.79 Å². The molecule has 8 heteroatoms. The second-order valence-corrected chi connectivity index (χ2v) is 6.66. The number of hydrogen-bond acceptors (Lipinski definition) is 5. The number of methoxy groups -OCH3 is 1. The average Bonchev–Trinajstić information content (AvgIpc) is 3.00. The summed E-state index contributed by atoms with van der Waals surface area (Å²) in [6.07, 6.45) is 1.76. The van der Waals surface area contributed by atoms with Crippen LogP contribution in [0.15, 0.2) is 35.1 Å². The van der Waals surface area contributed by atoms with Gasteiger partial charge in [0, 0.05) is 33.2 Å². The highest BCUT2D eigenvalue weighted by atomic mass is 16.5. The molecular weight excluding hydrogens is 348 g/mol. The van der Waals surface area contributed by atoms with Crippen molar-refractivity contribution in [1.29, 1.82) is 0 Å². The van der Waals surface area contributed by atoms with Gasteiger partial charge in [-0.05, 0) is 25.0 Å². The van der Waals surface area contributed by atoms with E-state index in [-0.39, 0.29) is 24.1 Å². The first kappa shape index (κ1) is 19.3. The topological polar surface area (TPSA) is 78.6 Å². The maximum Gasteiger partial charge on any atom is 0.350 e. The van der Waals surface area contributed by atoms with Crippen molar-refractivity contribution in [2.24, 2.45) is 7.05 Å². The Bertz CT molecular complexity index is 815. The van der Waals surface area contributed by atoms with Gasteiger partial charge in [-0.15, -0.1) is 0 Å². The van der Waals surface area contributed by atoms with E-state index in [0.717, 1.165) is 18.5 Å². The van der Waals surface area contributed by atoms with Crippen molar-refractivity contribution in [2.45, 2.75) is 18.8 Å². The molecule has 1 unspecified atom stereocenters. The van der Waals surface area contributed by atoms with Crippen molar-refractivity contribution in [3.05, 3.63) is 46.6 Å². The molecule has 1 aliphatic heterocycles. The smallest absolute Gasteiger partial charge is 0.350 e. The number of carbonyl (C=O) groups excluding carboxylic acids is 1. The minimum Gasteiger partial charge on any atom is -0.382 e. The van der Waals surface area contributed by atoms with Gasteiger partial charge in [-0.25, -0.2) is 14.0 Å². The Labute approximate surface area is 158 Å². The number of carbonyl (C=O) groups is 1. The summed E-state index contributed by atoms with van der Waals surface area (Å²) in [5, 5.41) is 4.47. The van der Waals surface area contributed by atoms with Crippen LogP contribution in [-0.4, -0.2) is 65.2 Å². The van der Waals surface area contributed by atoms with Crippen molar-refractivity contribution in [1.82, 2.24) is 19.2 Å². The van der Waals surface area contributed by atoms with Crippen LogP contribution in [0.25, 0.3) is 5.69 Å². The van der Waals surface area contributed by atoms with Gasteiger partial charge in [-0.2, -0.15) is 5.10 Å². The van der Waals surface area contributed by atoms with Crippen LogP contribution in [0.4, 0.5) is 0 Å². The number of likely N-dealkylation sites (tertiary alicyclic amines) is 1. The van der Waals surface area contributed by atoms with Gasteiger partial charge in [-0.1, -0.05) is 18.2 Å². The fraction of sp³-hybridized carbons (Fsp3) is 0.526. The molecule has 8 nitrogen and oxygen atoms in total. The van der Waals surface area contributed by atoms with Gasteiger partial charge in [0.15, 0.2) is 0 Å². The molecule has 1 fully saturated rings. The van der Waals surface area contributed by atoms with E-state index in [1.54, 1.807) is 23.6 Å². The Hall–Kier alpha value is -2.45. The highest BCUT2D eigenvalue weighted by molar-refractivity contribution is 5.77. The summed E-state index contributed by atoms with van der Waals surface area (Å²) >= 11 is 0. The number of piperidine rings is 1. The zero-order valence-electron chi connectivity index (χ0n) is 15.8. The molecular formula is C19H26N4O4. The van der Waals surface area contributed by atoms with E-state index in [4.69, 9.17) is 9.47 Å². The normalized spacial score (nSPS) is 17.3. The van der Waals surface area contributed by atoms with E-state index >= 15 is 0 Å². The Morgan fingerprint density at radius 3 is 2.78 bits per heavy atom. The number of amides is 1. The molecule has 146 valence electrons. The monoisotopic (exact) mass is 374 g/mol. The van der Waals surface area contributed by atoms with Gasteiger partial charge in [0.05, 0.1) is 18.9 Å². The van der Waals surface area contributed by atoms with Crippen LogP contribution >= 0.6 is 0 Å². The Morgan fingerprint density at radius 1 is 1.26 bits per heavy atom. The molecule has 1 aromatic heterocycles. The van der Waals surface area contributed by atoms with Gasteiger partial charge >= 0.3 is 5.69 Å². The van der Waals surface area contributed by atoms with E-state index in [0.29, 0.717) is 32.1 Å². The lowest BCUT2D eigenvalue weighted by atomic mass is 9.97. The van der Waals surface area contributed by atoms with Crippen LogP contribution in [0.5, 0.6) is 0 Å². The fourth-order valence-electron chi connectivity index (χ4n) is 3.38. The lowest BCUT2D eigenvalue weighted by Crippen LogP contribution is -2.41. The van der Waals surface area contributed by atoms with Gasteiger partial charge in [0.2, 0.25) is 5.91 Å². The zero-order chi connectivity index (χ0) is 19.2. The average molecular weight is 374 g/mol. The number of rotatable bonds is 7. The number of hydrogen-bond donors (Lipinski definition) is 0. The molecule has 3 rings (SSSR count). The summed E-state index contributed by atoms with van der Waals surface area (Å²) in [6.45, 7) is 2.14. The number of para-hydroxylation sites is 1. The van der Waals surface area contributed by atoms with Crippen molar-refractivity contribution in [2.75, 3.05) is 40.0 Å². The molecule has 1 amide bonds. The van der Waals surface area contributed by atoms with E-state index in [9.17, 15) is 9.59 Å². The molecule has 27 heavy (non-hydrogen) atoms. The maximum absolute atomic E-state index is 12.6. The van der Waals surface area contributed by atoms with E-state index in [1.807, 2.05) is 30.3 Å². The second-order valence-electron chi connectivity index (χ2n) is 6.66.